The number of methoxy groups -OCH3 is 1. The minimum absolute atomic E-state index is 0.143. The van der Waals surface area contributed by atoms with E-state index in [2.05, 4.69) is 16.4 Å². The molecule has 0 bridgehead atoms. The van der Waals surface area contributed by atoms with Crippen molar-refractivity contribution in [2.24, 2.45) is 0 Å². The number of hydrogen-bond donors (Lipinski definition) is 1. The summed E-state index contributed by atoms with van der Waals surface area (Å²) in [6, 6.07) is 10.9. The van der Waals surface area contributed by atoms with Gasteiger partial charge in [0.2, 0.25) is 5.91 Å². The smallest absolute Gasteiger partial charge is 0.234 e. The molecule has 24 heavy (non-hydrogen) atoms. The standard InChI is InChI=1S/C17H16ClN3O2S/c1-11-6-12(9-23-2)15(8-19)17(20-11)24-10-16(22)21-14-5-3-4-13(18)7-14/h3-7H,9-10H2,1-2H3,(H,21,22). The molecule has 1 aromatic carbocycles. The van der Waals surface area contributed by atoms with Gasteiger partial charge in [-0.25, -0.2) is 4.98 Å². The summed E-state index contributed by atoms with van der Waals surface area (Å²) in [5.41, 5.74) is 2.62. The number of anilines is 1. The predicted octanol–water partition coefficient (Wildman–Crippen LogP) is 3.79. The minimum atomic E-state index is -0.192. The molecule has 0 saturated carbocycles. The van der Waals surface area contributed by atoms with Crippen LogP contribution in [0.1, 0.15) is 16.8 Å². The number of carbonyl (C=O) groups is 1. The molecule has 0 aliphatic heterocycles. The Morgan fingerprint density at radius 1 is 1.46 bits per heavy atom. The van der Waals surface area contributed by atoms with Gasteiger partial charge in [0.05, 0.1) is 17.9 Å². The van der Waals surface area contributed by atoms with Crippen LogP contribution in [0.15, 0.2) is 35.4 Å². The highest BCUT2D eigenvalue weighted by molar-refractivity contribution is 8.00. The van der Waals surface area contributed by atoms with Crippen LogP contribution in [0.3, 0.4) is 0 Å². The Labute approximate surface area is 150 Å². The highest BCUT2D eigenvalue weighted by Gasteiger charge is 2.14. The Morgan fingerprint density at radius 2 is 2.25 bits per heavy atom. The number of ether oxygens (including phenoxy) is 1. The zero-order chi connectivity index (χ0) is 17.5. The Bertz CT molecular complexity index is 790. The summed E-state index contributed by atoms with van der Waals surface area (Å²) in [5, 5.41) is 13.2. The van der Waals surface area contributed by atoms with Crippen LogP contribution in [0.25, 0.3) is 0 Å². The van der Waals surface area contributed by atoms with Crippen molar-refractivity contribution in [3.8, 4) is 6.07 Å². The Morgan fingerprint density at radius 3 is 2.92 bits per heavy atom. The van der Waals surface area contributed by atoms with E-state index in [1.165, 1.54) is 11.8 Å². The van der Waals surface area contributed by atoms with E-state index in [1.807, 2.05) is 13.0 Å². The van der Waals surface area contributed by atoms with Crippen molar-refractivity contribution in [1.29, 1.82) is 5.26 Å². The Balaban J connectivity index is 2.08. The Kier molecular flexibility index (Phi) is 6.62. The molecule has 1 N–H and O–H groups in total. The molecular weight excluding hydrogens is 346 g/mol. The van der Waals surface area contributed by atoms with Gasteiger partial charge in [0.25, 0.3) is 0 Å². The second-order valence-corrected chi connectivity index (χ2v) is 6.40. The molecule has 5 nitrogen and oxygen atoms in total. The zero-order valence-corrected chi connectivity index (χ0v) is 14.9. The number of halogens is 1. The lowest BCUT2D eigenvalue weighted by Gasteiger charge is -2.10. The van der Waals surface area contributed by atoms with Gasteiger partial charge >= 0.3 is 0 Å². The first-order valence-corrected chi connectivity index (χ1v) is 8.47. The summed E-state index contributed by atoms with van der Waals surface area (Å²) >= 11 is 7.11. The average molecular weight is 362 g/mol. The number of aryl methyl sites for hydroxylation is 1. The molecule has 0 aliphatic rings. The molecule has 1 heterocycles. The first-order chi connectivity index (χ1) is 11.5. The summed E-state index contributed by atoms with van der Waals surface area (Å²) < 4.78 is 5.12. The largest absolute Gasteiger partial charge is 0.380 e. The first kappa shape index (κ1) is 18.3. The number of carbonyl (C=O) groups excluding carboxylic acids is 1. The second kappa shape index (κ2) is 8.69. The fourth-order valence-corrected chi connectivity index (χ4v) is 3.16. The molecule has 0 atom stereocenters. The molecule has 0 spiro atoms. The van der Waals surface area contributed by atoms with Gasteiger partial charge in [-0.3, -0.25) is 4.79 Å². The van der Waals surface area contributed by atoms with Crippen LogP contribution in [0, 0.1) is 18.3 Å². The molecule has 0 saturated heterocycles. The number of benzene rings is 1. The average Bonchev–Trinajstić information content (AvgIpc) is 2.53. The van der Waals surface area contributed by atoms with Crippen molar-refractivity contribution in [2.45, 2.75) is 18.6 Å². The third-order valence-corrected chi connectivity index (χ3v) is 4.27. The number of amides is 1. The number of rotatable bonds is 6. The van der Waals surface area contributed by atoms with E-state index in [0.717, 1.165) is 11.3 Å². The highest BCUT2D eigenvalue weighted by atomic mass is 35.5. The SMILES string of the molecule is COCc1cc(C)nc(SCC(=O)Nc2cccc(Cl)c2)c1C#N. The van der Waals surface area contributed by atoms with Crippen LogP contribution < -0.4 is 5.32 Å². The maximum Gasteiger partial charge on any atom is 0.234 e. The van der Waals surface area contributed by atoms with Gasteiger partial charge in [-0.05, 0) is 36.8 Å². The molecule has 0 radical (unpaired) electrons. The van der Waals surface area contributed by atoms with E-state index >= 15 is 0 Å². The van der Waals surface area contributed by atoms with Crippen molar-refractivity contribution in [1.82, 2.24) is 4.98 Å². The van der Waals surface area contributed by atoms with Crippen LogP contribution in [-0.2, 0) is 16.1 Å². The number of pyridine rings is 1. The van der Waals surface area contributed by atoms with Gasteiger partial charge in [-0.15, -0.1) is 0 Å². The molecule has 1 amide bonds. The number of thioether (sulfide) groups is 1. The van der Waals surface area contributed by atoms with E-state index in [0.29, 0.717) is 27.9 Å². The van der Waals surface area contributed by atoms with Crippen LogP contribution in [-0.4, -0.2) is 23.8 Å². The summed E-state index contributed by atoms with van der Waals surface area (Å²) in [7, 11) is 1.57. The Hall–Kier alpha value is -2.07. The molecule has 0 unspecified atom stereocenters. The maximum atomic E-state index is 12.1. The fourth-order valence-electron chi connectivity index (χ4n) is 2.10. The predicted molar refractivity (Wildman–Crippen MR) is 95.2 cm³/mol. The molecule has 0 aliphatic carbocycles. The molecule has 7 heteroatoms. The van der Waals surface area contributed by atoms with Gasteiger partial charge in [-0.2, -0.15) is 5.26 Å². The number of nitriles is 1. The summed E-state index contributed by atoms with van der Waals surface area (Å²) in [6.45, 7) is 2.17. The molecule has 2 rings (SSSR count). The van der Waals surface area contributed by atoms with E-state index < -0.39 is 0 Å². The van der Waals surface area contributed by atoms with E-state index in [4.69, 9.17) is 16.3 Å². The van der Waals surface area contributed by atoms with Gasteiger partial charge in [-0.1, -0.05) is 29.4 Å². The fraction of sp³-hybridized carbons (Fsp3) is 0.235. The highest BCUT2D eigenvalue weighted by Crippen LogP contribution is 2.25. The summed E-state index contributed by atoms with van der Waals surface area (Å²) in [5.74, 6) is -0.0490. The zero-order valence-electron chi connectivity index (χ0n) is 13.3. The normalized spacial score (nSPS) is 10.2. The van der Waals surface area contributed by atoms with Crippen molar-refractivity contribution in [3.63, 3.8) is 0 Å². The van der Waals surface area contributed by atoms with Crippen LogP contribution >= 0.6 is 23.4 Å². The third-order valence-electron chi connectivity index (χ3n) is 3.06. The van der Waals surface area contributed by atoms with Crippen LogP contribution in [0.5, 0.6) is 0 Å². The van der Waals surface area contributed by atoms with Gasteiger partial charge in [0, 0.05) is 23.5 Å². The maximum absolute atomic E-state index is 12.1. The number of nitrogens with one attached hydrogen (secondary N) is 1. The second-order valence-electron chi connectivity index (χ2n) is 4.99. The van der Waals surface area contributed by atoms with Crippen LogP contribution in [0.4, 0.5) is 5.69 Å². The molecule has 2 aromatic rings. The van der Waals surface area contributed by atoms with E-state index in [-0.39, 0.29) is 11.7 Å². The van der Waals surface area contributed by atoms with Crippen molar-refractivity contribution in [3.05, 3.63) is 52.2 Å². The lowest BCUT2D eigenvalue weighted by atomic mass is 10.1. The number of hydrogen-bond acceptors (Lipinski definition) is 5. The lowest BCUT2D eigenvalue weighted by Crippen LogP contribution is -2.14. The summed E-state index contributed by atoms with van der Waals surface area (Å²) in [4.78, 5) is 16.4. The lowest BCUT2D eigenvalue weighted by molar-refractivity contribution is -0.113. The first-order valence-electron chi connectivity index (χ1n) is 7.11. The molecule has 0 fully saturated rings. The monoisotopic (exact) mass is 361 g/mol. The van der Waals surface area contributed by atoms with Crippen molar-refractivity contribution >= 4 is 35.0 Å². The molecular formula is C17H16ClN3O2S. The van der Waals surface area contributed by atoms with Gasteiger partial charge in [0.15, 0.2) is 0 Å². The van der Waals surface area contributed by atoms with Gasteiger partial charge in [0.1, 0.15) is 11.1 Å². The van der Waals surface area contributed by atoms with Crippen LogP contribution in [0.2, 0.25) is 5.02 Å². The van der Waals surface area contributed by atoms with E-state index in [1.54, 1.807) is 31.4 Å². The summed E-state index contributed by atoms with van der Waals surface area (Å²) in [6.07, 6.45) is 0. The minimum Gasteiger partial charge on any atom is -0.380 e. The number of aromatic nitrogens is 1. The van der Waals surface area contributed by atoms with Crippen molar-refractivity contribution in [2.75, 3.05) is 18.2 Å². The van der Waals surface area contributed by atoms with Gasteiger partial charge < -0.3 is 10.1 Å². The number of nitrogens with zero attached hydrogens (tertiary/aromatic N) is 2. The third kappa shape index (κ3) is 4.96. The molecule has 124 valence electrons. The topological polar surface area (TPSA) is 75.0 Å². The quantitative estimate of drug-likeness (QED) is 0.792. The molecule has 1 aromatic heterocycles. The van der Waals surface area contributed by atoms with Crippen molar-refractivity contribution < 1.29 is 9.53 Å². The van der Waals surface area contributed by atoms with E-state index in [9.17, 15) is 10.1 Å².